The standard InChI is InChI=1S/C10H17N5O2/c1-7(9(11)14-17)10(16)12-5-3-8-4-6-13-15(8)2/h4,6-7,17H,3,5H2,1-2H3,(H2,11,14)(H,12,16). The van der Waals surface area contributed by atoms with Gasteiger partial charge in [-0.15, -0.1) is 0 Å². The van der Waals surface area contributed by atoms with Crippen LogP contribution in [0.15, 0.2) is 17.4 Å². The van der Waals surface area contributed by atoms with Crippen molar-refractivity contribution < 1.29 is 10.0 Å². The van der Waals surface area contributed by atoms with E-state index in [4.69, 9.17) is 10.9 Å². The summed E-state index contributed by atoms with van der Waals surface area (Å²) >= 11 is 0. The summed E-state index contributed by atoms with van der Waals surface area (Å²) in [6, 6.07) is 1.89. The van der Waals surface area contributed by atoms with Gasteiger partial charge in [-0.1, -0.05) is 5.16 Å². The highest BCUT2D eigenvalue weighted by Gasteiger charge is 2.16. The molecular weight excluding hydrogens is 222 g/mol. The molecule has 7 nitrogen and oxygen atoms in total. The summed E-state index contributed by atoms with van der Waals surface area (Å²) in [7, 11) is 1.84. The van der Waals surface area contributed by atoms with Crippen LogP contribution in [0.2, 0.25) is 0 Å². The van der Waals surface area contributed by atoms with E-state index in [0.29, 0.717) is 13.0 Å². The van der Waals surface area contributed by atoms with E-state index in [0.717, 1.165) is 5.69 Å². The first kappa shape index (κ1) is 13.0. The van der Waals surface area contributed by atoms with E-state index in [1.165, 1.54) is 0 Å². The molecular formula is C10H17N5O2. The number of oxime groups is 1. The van der Waals surface area contributed by atoms with Gasteiger partial charge in [0.25, 0.3) is 0 Å². The number of amides is 1. The molecule has 94 valence electrons. The second kappa shape index (κ2) is 5.88. The van der Waals surface area contributed by atoms with Crippen LogP contribution in [-0.2, 0) is 18.3 Å². The van der Waals surface area contributed by atoms with Crippen molar-refractivity contribution in [2.75, 3.05) is 6.54 Å². The summed E-state index contributed by atoms with van der Waals surface area (Å²) in [5.74, 6) is -0.989. The van der Waals surface area contributed by atoms with E-state index < -0.39 is 5.92 Å². The zero-order valence-corrected chi connectivity index (χ0v) is 9.92. The van der Waals surface area contributed by atoms with Gasteiger partial charge >= 0.3 is 0 Å². The Morgan fingerprint density at radius 3 is 3.00 bits per heavy atom. The van der Waals surface area contributed by atoms with Crippen LogP contribution in [0.5, 0.6) is 0 Å². The lowest BCUT2D eigenvalue weighted by molar-refractivity contribution is -0.122. The van der Waals surface area contributed by atoms with E-state index in [2.05, 4.69) is 15.6 Å². The molecule has 0 saturated carbocycles. The first-order valence-corrected chi connectivity index (χ1v) is 5.28. The van der Waals surface area contributed by atoms with Gasteiger partial charge in [-0.25, -0.2) is 0 Å². The first-order chi connectivity index (χ1) is 8.06. The number of amidine groups is 1. The maximum Gasteiger partial charge on any atom is 0.230 e. The molecule has 0 aliphatic rings. The van der Waals surface area contributed by atoms with Gasteiger partial charge in [-0.05, 0) is 13.0 Å². The molecule has 1 aromatic heterocycles. The van der Waals surface area contributed by atoms with Crippen molar-refractivity contribution in [2.45, 2.75) is 13.3 Å². The fourth-order valence-corrected chi connectivity index (χ4v) is 1.33. The summed E-state index contributed by atoms with van der Waals surface area (Å²) in [6.07, 6.45) is 2.39. The van der Waals surface area contributed by atoms with Crippen molar-refractivity contribution in [2.24, 2.45) is 23.9 Å². The second-order valence-electron chi connectivity index (χ2n) is 3.73. The number of carbonyl (C=O) groups excluding carboxylic acids is 1. The van der Waals surface area contributed by atoms with Crippen molar-refractivity contribution >= 4 is 11.7 Å². The van der Waals surface area contributed by atoms with Gasteiger partial charge in [-0.2, -0.15) is 5.10 Å². The van der Waals surface area contributed by atoms with Crippen LogP contribution in [-0.4, -0.2) is 33.3 Å². The molecule has 7 heteroatoms. The molecule has 1 atom stereocenters. The Hall–Kier alpha value is -2.05. The number of hydrogen-bond donors (Lipinski definition) is 3. The lowest BCUT2D eigenvalue weighted by Gasteiger charge is -2.10. The lowest BCUT2D eigenvalue weighted by Crippen LogP contribution is -2.38. The molecule has 17 heavy (non-hydrogen) atoms. The van der Waals surface area contributed by atoms with Crippen molar-refractivity contribution in [1.82, 2.24) is 15.1 Å². The predicted molar refractivity (Wildman–Crippen MR) is 62.5 cm³/mol. The van der Waals surface area contributed by atoms with Crippen molar-refractivity contribution in [1.29, 1.82) is 0 Å². The Balaban J connectivity index is 2.37. The molecule has 1 aromatic rings. The highest BCUT2D eigenvalue weighted by molar-refractivity contribution is 6.01. The van der Waals surface area contributed by atoms with Gasteiger partial charge in [0.2, 0.25) is 5.91 Å². The zero-order chi connectivity index (χ0) is 12.8. The van der Waals surface area contributed by atoms with Crippen LogP contribution in [0.1, 0.15) is 12.6 Å². The Labute approximate surface area is 99.3 Å². The van der Waals surface area contributed by atoms with Crippen LogP contribution in [0.4, 0.5) is 0 Å². The quantitative estimate of drug-likeness (QED) is 0.278. The minimum Gasteiger partial charge on any atom is -0.409 e. The molecule has 0 saturated heterocycles. The fraction of sp³-hybridized carbons (Fsp3) is 0.500. The molecule has 0 aliphatic carbocycles. The van der Waals surface area contributed by atoms with Gasteiger partial charge in [0.1, 0.15) is 0 Å². The van der Waals surface area contributed by atoms with Crippen molar-refractivity contribution in [3.63, 3.8) is 0 Å². The number of nitrogens with one attached hydrogen (secondary N) is 1. The highest BCUT2D eigenvalue weighted by atomic mass is 16.4. The molecule has 0 aromatic carbocycles. The van der Waals surface area contributed by atoms with Gasteiger partial charge in [0.15, 0.2) is 5.84 Å². The Morgan fingerprint density at radius 2 is 2.47 bits per heavy atom. The molecule has 0 spiro atoms. The molecule has 0 fully saturated rings. The van der Waals surface area contributed by atoms with E-state index >= 15 is 0 Å². The van der Waals surface area contributed by atoms with E-state index in [-0.39, 0.29) is 11.7 Å². The minimum absolute atomic E-state index is 0.0944. The molecule has 4 N–H and O–H groups in total. The molecule has 1 heterocycles. The zero-order valence-electron chi connectivity index (χ0n) is 9.92. The van der Waals surface area contributed by atoms with Crippen LogP contribution < -0.4 is 11.1 Å². The third kappa shape index (κ3) is 3.47. The normalized spacial score (nSPS) is 13.4. The average Bonchev–Trinajstić information content (AvgIpc) is 2.73. The van der Waals surface area contributed by atoms with E-state index in [9.17, 15) is 4.79 Å². The molecule has 0 aliphatic heterocycles. The Morgan fingerprint density at radius 1 is 1.76 bits per heavy atom. The van der Waals surface area contributed by atoms with E-state index in [1.54, 1.807) is 17.8 Å². The molecule has 0 bridgehead atoms. The number of nitrogens with two attached hydrogens (primary N) is 1. The SMILES string of the molecule is CC(C(=O)NCCc1ccnn1C)C(N)=NO. The number of carbonyl (C=O) groups is 1. The van der Waals surface area contributed by atoms with Crippen molar-refractivity contribution in [3.05, 3.63) is 18.0 Å². The molecule has 1 rings (SSSR count). The van der Waals surface area contributed by atoms with Crippen LogP contribution in [0.3, 0.4) is 0 Å². The number of aromatic nitrogens is 2. The smallest absolute Gasteiger partial charge is 0.230 e. The maximum atomic E-state index is 11.6. The van der Waals surface area contributed by atoms with Gasteiger partial charge in [0, 0.05) is 31.9 Å². The number of aryl methyl sites for hydroxylation is 1. The molecule has 1 unspecified atom stereocenters. The number of nitrogens with zero attached hydrogens (tertiary/aromatic N) is 3. The summed E-state index contributed by atoms with van der Waals surface area (Å²) in [4.78, 5) is 11.6. The third-order valence-electron chi connectivity index (χ3n) is 2.56. The second-order valence-corrected chi connectivity index (χ2v) is 3.73. The summed E-state index contributed by atoms with van der Waals surface area (Å²) in [6.45, 7) is 2.07. The van der Waals surface area contributed by atoms with Gasteiger partial charge in [0.05, 0.1) is 5.92 Å². The third-order valence-corrected chi connectivity index (χ3v) is 2.56. The topological polar surface area (TPSA) is 106 Å². The van der Waals surface area contributed by atoms with Gasteiger partial charge in [-0.3, -0.25) is 9.48 Å². The Bertz CT molecular complexity index is 413. The molecule has 1 amide bonds. The number of hydrogen-bond acceptors (Lipinski definition) is 4. The van der Waals surface area contributed by atoms with Gasteiger partial charge < -0.3 is 16.3 Å². The monoisotopic (exact) mass is 239 g/mol. The van der Waals surface area contributed by atoms with Crippen LogP contribution >= 0.6 is 0 Å². The van der Waals surface area contributed by atoms with Crippen molar-refractivity contribution in [3.8, 4) is 0 Å². The molecule has 0 radical (unpaired) electrons. The first-order valence-electron chi connectivity index (χ1n) is 5.28. The largest absolute Gasteiger partial charge is 0.409 e. The maximum absolute atomic E-state index is 11.6. The highest BCUT2D eigenvalue weighted by Crippen LogP contribution is 1.98. The summed E-state index contributed by atoms with van der Waals surface area (Å²) < 4.78 is 1.75. The van der Waals surface area contributed by atoms with Crippen LogP contribution in [0.25, 0.3) is 0 Å². The number of rotatable bonds is 5. The minimum atomic E-state index is -0.633. The predicted octanol–water partition coefficient (Wildman–Crippen LogP) is -0.539. The lowest BCUT2D eigenvalue weighted by atomic mass is 10.1. The summed E-state index contributed by atoms with van der Waals surface area (Å²) in [5.41, 5.74) is 6.36. The Kier molecular flexibility index (Phi) is 4.50. The average molecular weight is 239 g/mol. The fourth-order valence-electron chi connectivity index (χ4n) is 1.33. The summed E-state index contributed by atoms with van der Waals surface area (Å²) in [5, 5.41) is 18.0. The van der Waals surface area contributed by atoms with Crippen LogP contribution in [0, 0.1) is 5.92 Å². The van der Waals surface area contributed by atoms with E-state index in [1.807, 2.05) is 13.1 Å².